The van der Waals surface area contributed by atoms with Crippen LogP contribution in [0.25, 0.3) is 11.3 Å². The fourth-order valence-corrected chi connectivity index (χ4v) is 3.29. The second-order valence-electron chi connectivity index (χ2n) is 7.37. The Balaban J connectivity index is 1.80. The molecular formula is C23H27N5O2. The van der Waals surface area contributed by atoms with Crippen LogP contribution in [-0.4, -0.2) is 21.6 Å². The van der Waals surface area contributed by atoms with E-state index in [1.165, 1.54) is 0 Å². The van der Waals surface area contributed by atoms with Gasteiger partial charge in [-0.25, -0.2) is 4.68 Å². The van der Waals surface area contributed by atoms with Crippen LogP contribution in [0.15, 0.2) is 48.5 Å². The van der Waals surface area contributed by atoms with E-state index in [4.69, 9.17) is 11.5 Å². The van der Waals surface area contributed by atoms with Crippen LogP contribution in [0.1, 0.15) is 58.2 Å². The number of primary amides is 1. The second kappa shape index (κ2) is 8.82. The molecule has 156 valence electrons. The zero-order chi connectivity index (χ0) is 21.8. The molecule has 1 atom stereocenters. The first-order valence-corrected chi connectivity index (χ1v) is 9.94. The first-order valence-electron chi connectivity index (χ1n) is 9.94. The monoisotopic (exact) mass is 405 g/mol. The molecule has 1 heterocycles. The molecule has 0 saturated heterocycles. The standard InChI is InChI=1S/C23H27N5O2/c1-4-15(3)28-21(24)19(22(25)29)20(27-28)17-11-9-16(10-12-17)13-26-23(30)18-8-6-5-7-14(18)2/h5-12,15H,4,13,24H2,1-3H3,(H2,25,29)(H,26,30). The number of rotatable bonds is 7. The van der Waals surface area contributed by atoms with Gasteiger partial charge >= 0.3 is 0 Å². The molecule has 0 spiro atoms. The Morgan fingerprint density at radius 2 is 1.80 bits per heavy atom. The van der Waals surface area contributed by atoms with Gasteiger partial charge in [0.25, 0.3) is 11.8 Å². The minimum absolute atomic E-state index is 0.0489. The fourth-order valence-electron chi connectivity index (χ4n) is 3.29. The zero-order valence-corrected chi connectivity index (χ0v) is 17.5. The van der Waals surface area contributed by atoms with Crippen LogP contribution in [0, 0.1) is 6.92 Å². The third-order valence-electron chi connectivity index (χ3n) is 5.27. The van der Waals surface area contributed by atoms with Crippen LogP contribution in [-0.2, 0) is 6.54 Å². The Labute approximate surface area is 176 Å². The lowest BCUT2D eigenvalue weighted by molar-refractivity contribution is 0.0949. The van der Waals surface area contributed by atoms with Crippen molar-refractivity contribution in [1.82, 2.24) is 15.1 Å². The maximum absolute atomic E-state index is 12.4. The molecule has 3 aromatic rings. The summed E-state index contributed by atoms with van der Waals surface area (Å²) in [5, 5.41) is 7.47. The summed E-state index contributed by atoms with van der Waals surface area (Å²) in [6.45, 7) is 6.30. The topological polar surface area (TPSA) is 116 Å². The highest BCUT2D eigenvalue weighted by atomic mass is 16.2. The minimum Gasteiger partial charge on any atom is -0.383 e. The quantitative estimate of drug-likeness (QED) is 0.558. The number of hydrogen-bond donors (Lipinski definition) is 3. The van der Waals surface area contributed by atoms with E-state index in [1.54, 1.807) is 10.7 Å². The van der Waals surface area contributed by atoms with Crippen molar-refractivity contribution in [2.24, 2.45) is 5.73 Å². The number of hydrogen-bond acceptors (Lipinski definition) is 4. The van der Waals surface area contributed by atoms with Gasteiger partial charge in [-0.05, 0) is 37.5 Å². The van der Waals surface area contributed by atoms with Gasteiger partial charge in [0.2, 0.25) is 0 Å². The highest BCUT2D eigenvalue weighted by Crippen LogP contribution is 2.30. The number of nitrogens with two attached hydrogens (primary N) is 2. The summed E-state index contributed by atoms with van der Waals surface area (Å²) in [6, 6.07) is 15.0. The van der Waals surface area contributed by atoms with Crippen LogP contribution in [0.4, 0.5) is 5.82 Å². The number of aromatic nitrogens is 2. The van der Waals surface area contributed by atoms with E-state index in [2.05, 4.69) is 10.4 Å². The maximum atomic E-state index is 12.4. The van der Waals surface area contributed by atoms with Gasteiger partial charge in [0.05, 0.1) is 6.04 Å². The van der Waals surface area contributed by atoms with Gasteiger partial charge < -0.3 is 16.8 Å². The second-order valence-corrected chi connectivity index (χ2v) is 7.37. The van der Waals surface area contributed by atoms with Crippen molar-refractivity contribution in [2.75, 3.05) is 5.73 Å². The van der Waals surface area contributed by atoms with Crippen molar-refractivity contribution < 1.29 is 9.59 Å². The Hall–Kier alpha value is -3.61. The average Bonchev–Trinajstić information content (AvgIpc) is 3.09. The number of benzene rings is 2. The van der Waals surface area contributed by atoms with Crippen molar-refractivity contribution in [3.05, 3.63) is 70.8 Å². The molecular weight excluding hydrogens is 378 g/mol. The third-order valence-corrected chi connectivity index (χ3v) is 5.27. The van der Waals surface area contributed by atoms with Gasteiger partial charge in [-0.1, -0.05) is 49.4 Å². The maximum Gasteiger partial charge on any atom is 0.254 e. The largest absolute Gasteiger partial charge is 0.383 e. The molecule has 7 nitrogen and oxygen atoms in total. The summed E-state index contributed by atoms with van der Waals surface area (Å²) < 4.78 is 1.64. The number of aryl methyl sites for hydroxylation is 1. The molecule has 1 aromatic heterocycles. The van der Waals surface area contributed by atoms with Gasteiger partial charge in [0.15, 0.2) is 0 Å². The van der Waals surface area contributed by atoms with Crippen LogP contribution < -0.4 is 16.8 Å². The Morgan fingerprint density at radius 1 is 1.13 bits per heavy atom. The van der Waals surface area contributed by atoms with E-state index in [1.807, 2.05) is 63.2 Å². The van der Waals surface area contributed by atoms with Gasteiger partial charge in [-0.3, -0.25) is 9.59 Å². The van der Waals surface area contributed by atoms with Crippen molar-refractivity contribution in [1.29, 1.82) is 0 Å². The summed E-state index contributed by atoms with van der Waals surface area (Å²) in [4.78, 5) is 24.4. The Kier molecular flexibility index (Phi) is 6.20. The molecule has 0 aliphatic heterocycles. The number of anilines is 1. The number of nitrogen functional groups attached to an aromatic ring is 1. The van der Waals surface area contributed by atoms with Crippen molar-refractivity contribution in [3.8, 4) is 11.3 Å². The van der Waals surface area contributed by atoms with E-state index >= 15 is 0 Å². The number of amides is 2. The highest BCUT2D eigenvalue weighted by molar-refractivity contribution is 6.03. The summed E-state index contributed by atoms with van der Waals surface area (Å²) in [7, 11) is 0. The predicted molar refractivity (Wildman–Crippen MR) is 118 cm³/mol. The lowest BCUT2D eigenvalue weighted by atomic mass is 10.0. The van der Waals surface area contributed by atoms with Crippen molar-refractivity contribution in [2.45, 2.75) is 39.8 Å². The normalized spacial score (nSPS) is 11.8. The van der Waals surface area contributed by atoms with E-state index in [0.29, 0.717) is 17.8 Å². The summed E-state index contributed by atoms with van der Waals surface area (Å²) >= 11 is 0. The fraction of sp³-hybridized carbons (Fsp3) is 0.261. The first-order chi connectivity index (χ1) is 14.3. The van der Waals surface area contributed by atoms with E-state index in [-0.39, 0.29) is 23.3 Å². The van der Waals surface area contributed by atoms with E-state index in [0.717, 1.165) is 23.1 Å². The molecule has 30 heavy (non-hydrogen) atoms. The lowest BCUT2D eigenvalue weighted by Gasteiger charge is -2.10. The molecule has 0 fully saturated rings. The molecule has 3 rings (SSSR count). The Bertz CT molecular complexity index is 1070. The average molecular weight is 406 g/mol. The molecule has 7 heteroatoms. The predicted octanol–water partition coefficient (Wildman–Crippen LogP) is 3.44. The number of nitrogens with zero attached hydrogens (tertiary/aromatic N) is 2. The van der Waals surface area contributed by atoms with Gasteiger partial charge in [0, 0.05) is 17.7 Å². The zero-order valence-electron chi connectivity index (χ0n) is 17.5. The van der Waals surface area contributed by atoms with E-state index < -0.39 is 5.91 Å². The molecule has 1 unspecified atom stereocenters. The van der Waals surface area contributed by atoms with E-state index in [9.17, 15) is 9.59 Å². The van der Waals surface area contributed by atoms with Gasteiger partial charge in [0.1, 0.15) is 17.1 Å². The number of carbonyl (C=O) groups is 2. The molecule has 2 amide bonds. The van der Waals surface area contributed by atoms with Gasteiger partial charge in [-0.15, -0.1) is 0 Å². The van der Waals surface area contributed by atoms with Crippen LogP contribution >= 0.6 is 0 Å². The molecule has 0 bridgehead atoms. The minimum atomic E-state index is -0.605. The smallest absolute Gasteiger partial charge is 0.254 e. The van der Waals surface area contributed by atoms with Crippen LogP contribution in [0.3, 0.4) is 0 Å². The number of nitrogens with one attached hydrogen (secondary N) is 1. The third kappa shape index (κ3) is 4.20. The molecule has 0 aliphatic rings. The lowest BCUT2D eigenvalue weighted by Crippen LogP contribution is -2.23. The highest BCUT2D eigenvalue weighted by Gasteiger charge is 2.23. The van der Waals surface area contributed by atoms with Crippen LogP contribution in [0.2, 0.25) is 0 Å². The summed E-state index contributed by atoms with van der Waals surface area (Å²) in [5.74, 6) is -0.443. The van der Waals surface area contributed by atoms with Gasteiger partial charge in [-0.2, -0.15) is 5.10 Å². The molecule has 2 aromatic carbocycles. The van der Waals surface area contributed by atoms with Crippen molar-refractivity contribution >= 4 is 17.6 Å². The molecule has 0 radical (unpaired) electrons. The SMILES string of the molecule is CCC(C)n1nc(-c2ccc(CNC(=O)c3ccccc3C)cc2)c(C(N)=O)c1N. The molecule has 0 aliphatic carbocycles. The molecule has 5 N–H and O–H groups in total. The summed E-state index contributed by atoms with van der Waals surface area (Å²) in [5.41, 5.74) is 15.7. The first kappa shape index (κ1) is 21.1. The van der Waals surface area contributed by atoms with Crippen LogP contribution in [0.5, 0.6) is 0 Å². The Morgan fingerprint density at radius 3 is 2.40 bits per heavy atom. The summed E-state index contributed by atoms with van der Waals surface area (Å²) in [6.07, 6.45) is 0.822. The number of carbonyl (C=O) groups excluding carboxylic acids is 2. The molecule has 0 saturated carbocycles. The van der Waals surface area contributed by atoms with Crippen molar-refractivity contribution in [3.63, 3.8) is 0 Å².